The number of benzene rings is 1. The van der Waals surface area contributed by atoms with Crippen LogP contribution < -0.4 is 15.6 Å². The molecule has 1 unspecified atom stereocenters. The molecule has 8 heteroatoms. The smallest absolute Gasteiger partial charge is 0.261 e. The summed E-state index contributed by atoms with van der Waals surface area (Å²) >= 11 is 0. The van der Waals surface area contributed by atoms with Crippen molar-refractivity contribution in [2.75, 3.05) is 33.3 Å². The van der Waals surface area contributed by atoms with Crippen LogP contribution in [0.5, 0.6) is 5.75 Å². The van der Waals surface area contributed by atoms with E-state index in [9.17, 15) is 9.59 Å². The maximum Gasteiger partial charge on any atom is 0.261 e. The predicted molar refractivity (Wildman–Crippen MR) is 129 cm³/mol. The number of nitrogens with one attached hydrogen (secondary N) is 1. The van der Waals surface area contributed by atoms with Crippen molar-refractivity contribution in [3.05, 3.63) is 46.4 Å². The summed E-state index contributed by atoms with van der Waals surface area (Å²) in [5.41, 5.74) is 2.89. The van der Waals surface area contributed by atoms with Crippen LogP contribution in [0.3, 0.4) is 0 Å². The highest BCUT2D eigenvalue weighted by molar-refractivity contribution is 6.04. The molecule has 3 heterocycles. The lowest BCUT2D eigenvalue weighted by Gasteiger charge is -2.36. The van der Waals surface area contributed by atoms with Crippen LogP contribution in [0.15, 0.2) is 40.8 Å². The topological polar surface area (TPSA) is 81.4 Å². The normalized spacial score (nSPS) is 18.8. The lowest BCUT2D eigenvalue weighted by Crippen LogP contribution is -2.41. The SMILES string of the molecule is COc1ccc2c(c1)c1c(cnn1CC(=O)NCCN1CCC3CCCC=C3C1)c(=O)n2C. The molecule has 5 rings (SSSR count). The molecule has 2 aromatic heterocycles. The molecule has 1 amide bonds. The van der Waals surface area contributed by atoms with Gasteiger partial charge in [-0.3, -0.25) is 19.2 Å². The van der Waals surface area contributed by atoms with Gasteiger partial charge in [-0.1, -0.05) is 11.6 Å². The first-order valence-electron chi connectivity index (χ1n) is 11.8. The van der Waals surface area contributed by atoms with Crippen LogP contribution in [0.1, 0.15) is 25.7 Å². The lowest BCUT2D eigenvalue weighted by molar-refractivity contribution is -0.121. The van der Waals surface area contributed by atoms with Gasteiger partial charge in [0.25, 0.3) is 5.56 Å². The van der Waals surface area contributed by atoms with Gasteiger partial charge in [0.15, 0.2) is 0 Å². The molecule has 1 N–H and O–H groups in total. The molecule has 1 atom stereocenters. The number of carbonyl (C=O) groups is 1. The Bertz CT molecular complexity index is 1290. The molecule has 2 aliphatic rings. The molecule has 3 aromatic rings. The van der Waals surface area contributed by atoms with Gasteiger partial charge in [0.2, 0.25) is 5.91 Å². The Kier molecular flexibility index (Phi) is 5.93. The van der Waals surface area contributed by atoms with Gasteiger partial charge in [0.05, 0.1) is 29.7 Å². The number of methoxy groups -OCH3 is 1. The number of fused-ring (bicyclic) bond motifs is 4. The second-order valence-corrected chi connectivity index (χ2v) is 9.13. The molecule has 33 heavy (non-hydrogen) atoms. The number of nitrogens with zero attached hydrogens (tertiary/aromatic N) is 4. The van der Waals surface area contributed by atoms with E-state index in [-0.39, 0.29) is 18.0 Å². The van der Waals surface area contributed by atoms with Gasteiger partial charge in [-0.15, -0.1) is 0 Å². The van der Waals surface area contributed by atoms with Crippen LogP contribution in [0.25, 0.3) is 21.8 Å². The number of amides is 1. The molecule has 0 radical (unpaired) electrons. The number of aryl methyl sites for hydroxylation is 1. The molecule has 1 aromatic carbocycles. The van der Waals surface area contributed by atoms with Crippen LogP contribution in [-0.4, -0.2) is 58.4 Å². The Morgan fingerprint density at radius 2 is 2.15 bits per heavy atom. The summed E-state index contributed by atoms with van der Waals surface area (Å²) in [5.74, 6) is 1.36. The molecule has 1 aliphatic carbocycles. The first-order chi connectivity index (χ1) is 16.0. The van der Waals surface area contributed by atoms with Crippen molar-refractivity contribution in [1.82, 2.24) is 24.6 Å². The van der Waals surface area contributed by atoms with E-state index < -0.39 is 0 Å². The standard InChI is InChI=1S/C25H31N5O3/c1-28-22-8-7-19(33-2)13-20(22)24-21(25(28)32)14-27-30(24)16-23(31)26-10-12-29-11-9-17-5-3-4-6-18(17)15-29/h6-8,13-14,17H,3-5,9-12,15-16H2,1-2H3,(H,26,31). The fraction of sp³-hybridized carbons (Fsp3) is 0.480. The van der Waals surface area contributed by atoms with Gasteiger partial charge in [-0.05, 0) is 56.3 Å². The highest BCUT2D eigenvalue weighted by atomic mass is 16.5. The Morgan fingerprint density at radius 1 is 1.27 bits per heavy atom. The maximum absolute atomic E-state index is 12.8. The number of ether oxygens (including phenoxy) is 1. The average molecular weight is 450 g/mol. The quantitative estimate of drug-likeness (QED) is 0.585. The molecule has 0 bridgehead atoms. The van der Waals surface area contributed by atoms with E-state index in [0.29, 0.717) is 23.2 Å². The van der Waals surface area contributed by atoms with E-state index >= 15 is 0 Å². The minimum absolute atomic E-state index is 0.0657. The van der Waals surface area contributed by atoms with Gasteiger partial charge in [0, 0.05) is 32.1 Å². The number of aromatic nitrogens is 3. The van der Waals surface area contributed by atoms with Crippen LogP contribution in [0.2, 0.25) is 0 Å². The van der Waals surface area contributed by atoms with Crippen molar-refractivity contribution in [1.29, 1.82) is 0 Å². The third kappa shape index (κ3) is 4.15. The molecule has 1 aliphatic heterocycles. The highest BCUT2D eigenvalue weighted by Gasteiger charge is 2.25. The molecule has 0 saturated carbocycles. The van der Waals surface area contributed by atoms with Crippen molar-refractivity contribution in [2.24, 2.45) is 13.0 Å². The van der Waals surface area contributed by atoms with Crippen molar-refractivity contribution in [3.8, 4) is 5.75 Å². The monoisotopic (exact) mass is 449 g/mol. The summed E-state index contributed by atoms with van der Waals surface area (Å²) in [5, 5.41) is 8.73. The zero-order valence-corrected chi connectivity index (χ0v) is 19.3. The largest absolute Gasteiger partial charge is 0.497 e. The fourth-order valence-corrected chi connectivity index (χ4v) is 5.30. The molecule has 1 fully saturated rings. The third-order valence-electron chi connectivity index (χ3n) is 7.13. The van der Waals surface area contributed by atoms with Gasteiger partial charge in [0.1, 0.15) is 12.3 Å². The van der Waals surface area contributed by atoms with Crippen LogP contribution in [0, 0.1) is 5.92 Å². The van der Waals surface area contributed by atoms with E-state index in [1.165, 1.54) is 25.7 Å². The third-order valence-corrected chi connectivity index (χ3v) is 7.13. The number of pyridine rings is 1. The summed E-state index contributed by atoms with van der Waals surface area (Å²) in [6, 6.07) is 5.57. The van der Waals surface area contributed by atoms with Crippen LogP contribution >= 0.6 is 0 Å². The number of hydrogen-bond donors (Lipinski definition) is 1. The number of allylic oxidation sites excluding steroid dienone is 1. The van der Waals surface area contributed by atoms with Gasteiger partial charge >= 0.3 is 0 Å². The number of carbonyl (C=O) groups excluding carboxylic acids is 1. The first kappa shape index (κ1) is 21.7. The highest BCUT2D eigenvalue weighted by Crippen LogP contribution is 2.31. The summed E-state index contributed by atoms with van der Waals surface area (Å²) in [6.45, 7) is 3.64. The number of piperidine rings is 1. The van der Waals surface area contributed by atoms with E-state index in [1.807, 2.05) is 18.2 Å². The second-order valence-electron chi connectivity index (χ2n) is 9.13. The number of hydrogen-bond acceptors (Lipinski definition) is 5. The number of likely N-dealkylation sites (tertiary alicyclic amines) is 1. The Balaban J connectivity index is 1.29. The van der Waals surface area contributed by atoms with E-state index in [1.54, 1.807) is 35.2 Å². The van der Waals surface area contributed by atoms with Crippen molar-refractivity contribution < 1.29 is 9.53 Å². The Morgan fingerprint density at radius 3 is 3.00 bits per heavy atom. The van der Waals surface area contributed by atoms with Gasteiger partial charge in [-0.25, -0.2) is 0 Å². The van der Waals surface area contributed by atoms with Gasteiger partial charge < -0.3 is 14.6 Å². The fourth-order valence-electron chi connectivity index (χ4n) is 5.30. The minimum Gasteiger partial charge on any atom is -0.497 e. The second kappa shape index (κ2) is 9.02. The predicted octanol–water partition coefficient (Wildman–Crippen LogP) is 2.45. The molecule has 174 valence electrons. The van der Waals surface area contributed by atoms with E-state index in [0.717, 1.165) is 36.5 Å². The maximum atomic E-state index is 12.8. The summed E-state index contributed by atoms with van der Waals surface area (Å²) < 4.78 is 8.60. The molecular weight excluding hydrogens is 418 g/mol. The first-order valence-corrected chi connectivity index (χ1v) is 11.8. The zero-order chi connectivity index (χ0) is 22.9. The van der Waals surface area contributed by atoms with Crippen molar-refractivity contribution in [3.63, 3.8) is 0 Å². The van der Waals surface area contributed by atoms with E-state index in [4.69, 9.17) is 4.74 Å². The molecule has 0 spiro atoms. The molecule has 8 nitrogen and oxygen atoms in total. The summed E-state index contributed by atoms with van der Waals surface area (Å²) in [4.78, 5) is 28.0. The van der Waals surface area contributed by atoms with Gasteiger partial charge in [-0.2, -0.15) is 5.10 Å². The number of rotatable bonds is 6. The Labute approximate surface area is 192 Å². The minimum atomic E-state index is -0.130. The molecular formula is C25H31N5O3. The van der Waals surface area contributed by atoms with Crippen molar-refractivity contribution in [2.45, 2.75) is 32.2 Å². The van der Waals surface area contributed by atoms with Crippen molar-refractivity contribution >= 4 is 27.7 Å². The van der Waals surface area contributed by atoms with Crippen LogP contribution in [0.4, 0.5) is 0 Å². The van der Waals surface area contributed by atoms with E-state index in [2.05, 4.69) is 21.4 Å². The summed E-state index contributed by atoms with van der Waals surface area (Å²) in [7, 11) is 3.35. The summed E-state index contributed by atoms with van der Waals surface area (Å²) in [6.07, 6.45) is 9.05. The van der Waals surface area contributed by atoms with Crippen LogP contribution in [-0.2, 0) is 18.4 Å². The molecule has 1 saturated heterocycles. The zero-order valence-electron chi connectivity index (χ0n) is 19.3. The average Bonchev–Trinajstić information content (AvgIpc) is 3.25. The lowest BCUT2D eigenvalue weighted by atomic mass is 9.82. The Hall–Kier alpha value is -3.13.